The largest absolute Gasteiger partial charge is 0.441 e. The summed E-state index contributed by atoms with van der Waals surface area (Å²) in [6.07, 6.45) is 6.23. The highest BCUT2D eigenvalue weighted by atomic mass is 16.6. The maximum Gasteiger partial charge on any atom is 0.412 e. The SMILES string of the molecule is CC12C=CC(=O)C=C1CCC1C2[C@@H](O)CC2(C)C1CC[C@]2(O)C(=O)COC(=O)Nc1ccc(C(=O)c2ccccc2)cc1. The van der Waals surface area contributed by atoms with Crippen LogP contribution in [0.1, 0.15) is 61.9 Å². The second kappa shape index (κ2) is 10.7. The molecule has 0 aromatic heterocycles. The number of ether oxygens (including phenoxy) is 1. The van der Waals surface area contributed by atoms with Crippen molar-refractivity contribution in [3.63, 3.8) is 0 Å². The van der Waals surface area contributed by atoms with Crippen LogP contribution in [-0.2, 0) is 14.3 Å². The standard InChI is InChI=1S/C35H37NO7/c1-33-16-14-25(37)18-23(33)10-13-26-27-15-17-35(42,34(27,2)19-28(38)30(26)33)29(39)20-43-32(41)36-24-11-8-22(9-12-24)31(40)21-6-4-3-5-7-21/h3-9,11-12,14,16,18,26-28,30,38,42H,10,13,15,17,19-20H2,1-2H3,(H,36,41)/t26?,27?,28-,30?,33?,34?,35-/m0/s1. The molecular formula is C35H37NO7. The first kappa shape index (κ1) is 29.2. The van der Waals surface area contributed by atoms with Crippen molar-refractivity contribution in [1.29, 1.82) is 0 Å². The van der Waals surface area contributed by atoms with E-state index in [9.17, 15) is 29.4 Å². The number of aliphatic hydroxyl groups excluding tert-OH is 1. The van der Waals surface area contributed by atoms with Crippen molar-refractivity contribution in [2.45, 2.75) is 57.7 Å². The van der Waals surface area contributed by atoms with E-state index < -0.39 is 41.0 Å². The fraction of sp³-hybridized carbons (Fsp3) is 0.429. The molecule has 0 radical (unpaired) electrons. The summed E-state index contributed by atoms with van der Waals surface area (Å²) >= 11 is 0. The molecule has 5 unspecified atom stereocenters. The molecule has 0 bridgehead atoms. The number of aliphatic hydroxyl groups is 2. The van der Waals surface area contributed by atoms with Crippen molar-refractivity contribution < 1.29 is 34.1 Å². The summed E-state index contributed by atoms with van der Waals surface area (Å²) in [5.41, 5.74) is -0.579. The van der Waals surface area contributed by atoms with Crippen molar-refractivity contribution in [3.8, 4) is 0 Å². The molecule has 8 nitrogen and oxygen atoms in total. The van der Waals surface area contributed by atoms with E-state index in [1.807, 2.05) is 19.1 Å². The Kier molecular flexibility index (Phi) is 7.26. The first-order valence-corrected chi connectivity index (χ1v) is 15.0. The number of ketones is 3. The van der Waals surface area contributed by atoms with E-state index in [0.717, 1.165) is 18.4 Å². The molecule has 0 heterocycles. The minimum absolute atomic E-state index is 0.00481. The predicted molar refractivity (Wildman–Crippen MR) is 159 cm³/mol. The number of allylic oxidation sites excluding steroid dienone is 4. The normalized spacial score (nSPS) is 34.3. The maximum atomic E-state index is 13.5. The Labute approximate surface area is 250 Å². The van der Waals surface area contributed by atoms with E-state index in [0.29, 0.717) is 23.2 Å². The third-order valence-electron chi connectivity index (χ3n) is 10.9. The highest BCUT2D eigenvalue weighted by Crippen LogP contribution is 2.67. The molecular weight excluding hydrogens is 546 g/mol. The van der Waals surface area contributed by atoms with Gasteiger partial charge in [0.1, 0.15) is 5.60 Å². The Hall–Kier alpha value is -3.88. The molecule has 3 saturated carbocycles. The molecule has 3 N–H and O–H groups in total. The molecule has 7 atom stereocenters. The van der Waals surface area contributed by atoms with Gasteiger partial charge < -0.3 is 14.9 Å². The van der Waals surface area contributed by atoms with Gasteiger partial charge >= 0.3 is 6.09 Å². The molecule has 8 heteroatoms. The lowest BCUT2D eigenvalue weighted by molar-refractivity contribution is -0.178. The van der Waals surface area contributed by atoms with Crippen LogP contribution in [0.2, 0.25) is 0 Å². The quantitative estimate of drug-likeness (QED) is 0.406. The second-order valence-corrected chi connectivity index (χ2v) is 13.0. The van der Waals surface area contributed by atoms with Crippen molar-refractivity contribution in [3.05, 3.63) is 89.5 Å². The van der Waals surface area contributed by atoms with E-state index in [-0.39, 0.29) is 42.2 Å². The van der Waals surface area contributed by atoms with Crippen molar-refractivity contribution in [2.75, 3.05) is 11.9 Å². The lowest BCUT2D eigenvalue weighted by Gasteiger charge is -2.59. The van der Waals surface area contributed by atoms with Crippen LogP contribution in [0.4, 0.5) is 10.5 Å². The maximum absolute atomic E-state index is 13.5. The summed E-state index contributed by atoms with van der Waals surface area (Å²) in [5.74, 6) is -0.764. The van der Waals surface area contributed by atoms with Gasteiger partial charge in [-0.15, -0.1) is 0 Å². The fourth-order valence-corrected chi connectivity index (χ4v) is 8.65. The van der Waals surface area contributed by atoms with Crippen LogP contribution in [-0.4, -0.2) is 52.0 Å². The van der Waals surface area contributed by atoms with E-state index in [1.165, 1.54) is 0 Å². The number of fused-ring (bicyclic) bond motifs is 5. The fourth-order valence-electron chi connectivity index (χ4n) is 8.65. The van der Waals surface area contributed by atoms with E-state index in [4.69, 9.17) is 4.74 Å². The van der Waals surface area contributed by atoms with E-state index >= 15 is 0 Å². The topological polar surface area (TPSA) is 130 Å². The monoisotopic (exact) mass is 583 g/mol. The first-order valence-electron chi connectivity index (χ1n) is 15.0. The summed E-state index contributed by atoms with van der Waals surface area (Å²) < 4.78 is 5.25. The molecule has 43 heavy (non-hydrogen) atoms. The van der Waals surface area contributed by atoms with Crippen LogP contribution in [0, 0.1) is 28.6 Å². The molecule has 1 amide bonds. The Bertz CT molecular complexity index is 1530. The van der Waals surface area contributed by atoms with E-state index in [1.54, 1.807) is 60.7 Å². The zero-order valence-corrected chi connectivity index (χ0v) is 24.4. The van der Waals surface area contributed by atoms with Crippen molar-refractivity contribution in [2.24, 2.45) is 28.6 Å². The third kappa shape index (κ3) is 4.77. The molecule has 2 aromatic carbocycles. The Balaban J connectivity index is 1.10. The van der Waals surface area contributed by atoms with Gasteiger partial charge in [-0.3, -0.25) is 19.7 Å². The summed E-state index contributed by atoms with van der Waals surface area (Å²) in [7, 11) is 0. The van der Waals surface area contributed by atoms with E-state index in [2.05, 4.69) is 12.2 Å². The van der Waals surface area contributed by atoms with Gasteiger partial charge in [0.05, 0.1) is 6.10 Å². The average molecular weight is 584 g/mol. The van der Waals surface area contributed by atoms with Gasteiger partial charge in [-0.25, -0.2) is 4.79 Å². The number of benzene rings is 2. The number of nitrogens with one attached hydrogen (secondary N) is 1. The lowest BCUT2D eigenvalue weighted by atomic mass is 9.46. The van der Waals surface area contributed by atoms with Gasteiger partial charge in [0.25, 0.3) is 0 Å². The summed E-state index contributed by atoms with van der Waals surface area (Å²) in [6, 6.07) is 15.2. The third-order valence-corrected chi connectivity index (χ3v) is 10.9. The Morgan fingerprint density at radius 2 is 1.70 bits per heavy atom. The van der Waals surface area contributed by atoms with Gasteiger partial charge in [-0.05, 0) is 80.4 Å². The van der Waals surface area contributed by atoms with Crippen LogP contribution in [0.25, 0.3) is 0 Å². The van der Waals surface area contributed by atoms with Gasteiger partial charge in [-0.1, -0.05) is 55.8 Å². The van der Waals surface area contributed by atoms with Crippen molar-refractivity contribution in [1.82, 2.24) is 0 Å². The Morgan fingerprint density at radius 3 is 2.42 bits per heavy atom. The molecule has 224 valence electrons. The van der Waals surface area contributed by atoms with Gasteiger partial charge in [0.15, 0.2) is 18.2 Å². The number of anilines is 1. The van der Waals surface area contributed by atoms with Crippen LogP contribution in [0.5, 0.6) is 0 Å². The summed E-state index contributed by atoms with van der Waals surface area (Å²) in [5, 5.41) is 25.9. The molecule has 0 aliphatic heterocycles. The van der Waals surface area contributed by atoms with Gasteiger partial charge in [0.2, 0.25) is 5.78 Å². The zero-order chi connectivity index (χ0) is 30.6. The van der Waals surface area contributed by atoms with Crippen LogP contribution >= 0.6 is 0 Å². The summed E-state index contributed by atoms with van der Waals surface area (Å²) in [6.45, 7) is 3.36. The number of amides is 1. The summed E-state index contributed by atoms with van der Waals surface area (Å²) in [4.78, 5) is 50.7. The number of hydrogen-bond acceptors (Lipinski definition) is 7. The smallest absolute Gasteiger partial charge is 0.412 e. The second-order valence-electron chi connectivity index (χ2n) is 13.0. The molecule has 6 rings (SSSR count). The molecule has 0 spiro atoms. The van der Waals surface area contributed by atoms with Gasteiger partial charge in [-0.2, -0.15) is 0 Å². The lowest BCUT2D eigenvalue weighted by Crippen LogP contribution is -2.61. The highest BCUT2D eigenvalue weighted by molar-refractivity contribution is 6.09. The average Bonchev–Trinajstić information content (AvgIpc) is 3.27. The Morgan fingerprint density at radius 1 is 1.00 bits per heavy atom. The van der Waals surface area contributed by atoms with Crippen LogP contribution in [0.15, 0.2) is 78.4 Å². The molecule has 4 aliphatic rings. The molecule has 2 aromatic rings. The van der Waals surface area contributed by atoms with Crippen LogP contribution in [0.3, 0.4) is 0 Å². The number of rotatable bonds is 6. The molecule has 4 aliphatic carbocycles. The predicted octanol–water partition coefficient (Wildman–Crippen LogP) is 5.05. The highest BCUT2D eigenvalue weighted by Gasteiger charge is 2.68. The zero-order valence-electron chi connectivity index (χ0n) is 24.4. The van der Waals surface area contributed by atoms with Gasteiger partial charge in [0, 0.05) is 33.6 Å². The minimum Gasteiger partial charge on any atom is -0.441 e. The number of carbonyl (C=O) groups is 4. The molecule has 0 saturated heterocycles. The number of carbonyl (C=O) groups excluding carboxylic acids is 4. The number of hydrogen-bond donors (Lipinski definition) is 3. The molecule has 3 fully saturated rings. The number of Topliss-reactive ketones (excluding diaryl/α,β-unsaturated/α-hetero) is 1. The van der Waals surface area contributed by atoms with Crippen molar-refractivity contribution >= 4 is 29.1 Å². The van der Waals surface area contributed by atoms with Crippen LogP contribution < -0.4 is 5.32 Å². The first-order chi connectivity index (χ1) is 20.5. The minimum atomic E-state index is -1.74.